The van der Waals surface area contributed by atoms with Gasteiger partial charge in [-0.1, -0.05) is 20.3 Å². The van der Waals surface area contributed by atoms with Crippen LogP contribution in [-0.2, 0) is 4.79 Å². The number of hydrogen-bond donors (Lipinski definition) is 2. The number of nitrogens with zero attached hydrogens (tertiary/aromatic N) is 1. The van der Waals surface area contributed by atoms with Crippen molar-refractivity contribution in [3.8, 4) is 0 Å². The Bertz CT molecular complexity index is 212. The molecular weight excluding hydrogens is 202 g/mol. The zero-order chi connectivity index (χ0) is 12.0. The van der Waals surface area contributed by atoms with Crippen LogP contribution < -0.4 is 11.1 Å². The number of carbonyl (C=O) groups is 1. The third kappa shape index (κ3) is 3.76. The second-order valence-corrected chi connectivity index (χ2v) is 4.87. The highest BCUT2D eigenvalue weighted by atomic mass is 16.2. The summed E-state index contributed by atoms with van der Waals surface area (Å²) in [4.78, 5) is 14.4. The number of nitrogens with one attached hydrogen (secondary N) is 1. The number of piperidine rings is 1. The van der Waals surface area contributed by atoms with Crippen molar-refractivity contribution in [2.75, 3.05) is 26.2 Å². The molecule has 0 aromatic heterocycles. The van der Waals surface area contributed by atoms with Crippen molar-refractivity contribution >= 4 is 5.91 Å². The summed E-state index contributed by atoms with van der Waals surface area (Å²) in [5.74, 6) is 0.498. The molecule has 1 atom stereocenters. The minimum absolute atomic E-state index is 0.0202. The molecule has 3 N–H and O–H groups in total. The highest BCUT2D eigenvalue weighted by molar-refractivity contribution is 5.82. The van der Waals surface area contributed by atoms with Crippen LogP contribution in [0.4, 0.5) is 0 Å². The molecule has 4 nitrogen and oxygen atoms in total. The molecule has 1 aliphatic heterocycles. The van der Waals surface area contributed by atoms with E-state index in [0.29, 0.717) is 19.0 Å². The maximum absolute atomic E-state index is 12.0. The Kier molecular flexibility index (Phi) is 5.77. The number of nitrogens with two attached hydrogens (primary N) is 1. The second-order valence-electron chi connectivity index (χ2n) is 4.87. The molecule has 4 heteroatoms. The van der Waals surface area contributed by atoms with E-state index in [2.05, 4.69) is 24.1 Å². The van der Waals surface area contributed by atoms with Gasteiger partial charge in [-0.2, -0.15) is 0 Å². The van der Waals surface area contributed by atoms with E-state index in [1.165, 1.54) is 19.3 Å². The van der Waals surface area contributed by atoms with Crippen LogP contribution in [-0.4, -0.2) is 43.0 Å². The Hall–Kier alpha value is -0.610. The highest BCUT2D eigenvalue weighted by Crippen LogP contribution is 2.17. The Morgan fingerprint density at radius 2 is 1.94 bits per heavy atom. The van der Waals surface area contributed by atoms with Gasteiger partial charge < -0.3 is 11.1 Å². The summed E-state index contributed by atoms with van der Waals surface area (Å²) < 4.78 is 0. The van der Waals surface area contributed by atoms with Crippen molar-refractivity contribution in [3.63, 3.8) is 0 Å². The molecule has 0 aromatic rings. The Balaban J connectivity index is 2.54. The van der Waals surface area contributed by atoms with Gasteiger partial charge in [0.25, 0.3) is 0 Å². The van der Waals surface area contributed by atoms with Crippen LogP contribution in [0.2, 0.25) is 0 Å². The van der Waals surface area contributed by atoms with Crippen molar-refractivity contribution in [3.05, 3.63) is 0 Å². The summed E-state index contributed by atoms with van der Waals surface area (Å²) in [6.07, 6.45) is 3.73. The van der Waals surface area contributed by atoms with Crippen LogP contribution in [0.25, 0.3) is 0 Å². The fourth-order valence-corrected chi connectivity index (χ4v) is 2.39. The van der Waals surface area contributed by atoms with E-state index >= 15 is 0 Å². The quantitative estimate of drug-likeness (QED) is 0.722. The van der Waals surface area contributed by atoms with Gasteiger partial charge in [0.15, 0.2) is 0 Å². The number of hydrogen-bond acceptors (Lipinski definition) is 3. The van der Waals surface area contributed by atoms with Crippen molar-refractivity contribution in [2.45, 2.75) is 39.2 Å². The van der Waals surface area contributed by atoms with Gasteiger partial charge in [0.2, 0.25) is 5.91 Å². The lowest BCUT2D eigenvalue weighted by Gasteiger charge is -2.35. The highest BCUT2D eigenvalue weighted by Gasteiger charge is 2.29. The fourth-order valence-electron chi connectivity index (χ4n) is 2.39. The Morgan fingerprint density at radius 3 is 2.44 bits per heavy atom. The molecule has 0 radical (unpaired) electrons. The SMILES string of the molecule is CC(C)C(C(=O)NCCN)N1CCCCC1. The largest absolute Gasteiger partial charge is 0.353 e. The van der Waals surface area contributed by atoms with Crippen LogP contribution >= 0.6 is 0 Å². The van der Waals surface area contributed by atoms with Gasteiger partial charge in [0.05, 0.1) is 6.04 Å². The second kappa shape index (κ2) is 6.86. The summed E-state index contributed by atoms with van der Waals surface area (Å²) in [5, 5.41) is 2.91. The molecule has 1 amide bonds. The van der Waals surface area contributed by atoms with E-state index in [0.717, 1.165) is 13.1 Å². The van der Waals surface area contributed by atoms with Crippen molar-refractivity contribution < 1.29 is 4.79 Å². The lowest BCUT2D eigenvalue weighted by atomic mass is 9.98. The molecule has 0 bridgehead atoms. The van der Waals surface area contributed by atoms with Crippen LogP contribution in [0.5, 0.6) is 0 Å². The molecule has 1 saturated heterocycles. The average Bonchev–Trinajstić information content (AvgIpc) is 2.27. The molecule has 94 valence electrons. The zero-order valence-corrected chi connectivity index (χ0v) is 10.5. The summed E-state index contributed by atoms with van der Waals surface area (Å²) >= 11 is 0. The fraction of sp³-hybridized carbons (Fsp3) is 0.917. The predicted octanol–water partition coefficient (Wildman–Crippen LogP) is 0.572. The predicted molar refractivity (Wildman–Crippen MR) is 66.1 cm³/mol. The molecule has 1 fully saturated rings. The van der Waals surface area contributed by atoms with Crippen molar-refractivity contribution in [2.24, 2.45) is 11.7 Å². The van der Waals surface area contributed by atoms with E-state index in [1.54, 1.807) is 0 Å². The summed E-state index contributed by atoms with van der Waals surface area (Å²) in [7, 11) is 0. The summed E-state index contributed by atoms with van der Waals surface area (Å²) in [6.45, 7) is 7.42. The lowest BCUT2D eigenvalue weighted by molar-refractivity contribution is -0.128. The Labute approximate surface area is 98.6 Å². The molecule has 0 saturated carbocycles. The van der Waals surface area contributed by atoms with E-state index in [9.17, 15) is 4.79 Å². The molecule has 0 spiro atoms. The minimum Gasteiger partial charge on any atom is -0.353 e. The van der Waals surface area contributed by atoms with E-state index in [1.807, 2.05) is 0 Å². The zero-order valence-electron chi connectivity index (χ0n) is 10.5. The van der Waals surface area contributed by atoms with Gasteiger partial charge in [-0.3, -0.25) is 9.69 Å². The maximum Gasteiger partial charge on any atom is 0.237 e. The monoisotopic (exact) mass is 227 g/mol. The van der Waals surface area contributed by atoms with Crippen molar-refractivity contribution in [1.29, 1.82) is 0 Å². The topological polar surface area (TPSA) is 58.4 Å². The smallest absolute Gasteiger partial charge is 0.237 e. The third-order valence-electron chi connectivity index (χ3n) is 3.13. The first kappa shape index (κ1) is 13.5. The van der Waals surface area contributed by atoms with Gasteiger partial charge in [0.1, 0.15) is 0 Å². The van der Waals surface area contributed by atoms with Crippen LogP contribution in [0.1, 0.15) is 33.1 Å². The first-order valence-electron chi connectivity index (χ1n) is 6.38. The lowest BCUT2D eigenvalue weighted by Crippen LogP contribution is -2.52. The summed E-state index contributed by atoms with van der Waals surface area (Å²) in [6, 6.07) is 0.0202. The number of rotatable bonds is 5. The summed E-state index contributed by atoms with van der Waals surface area (Å²) in [5.41, 5.74) is 5.40. The van der Waals surface area contributed by atoms with Gasteiger partial charge in [0, 0.05) is 13.1 Å². The van der Waals surface area contributed by atoms with Gasteiger partial charge in [-0.05, 0) is 31.8 Å². The first-order valence-corrected chi connectivity index (χ1v) is 6.38. The molecule has 16 heavy (non-hydrogen) atoms. The van der Waals surface area contributed by atoms with Gasteiger partial charge in [-0.15, -0.1) is 0 Å². The molecule has 1 unspecified atom stereocenters. The van der Waals surface area contributed by atoms with E-state index in [-0.39, 0.29) is 11.9 Å². The molecule has 1 rings (SSSR count). The van der Waals surface area contributed by atoms with Crippen molar-refractivity contribution in [1.82, 2.24) is 10.2 Å². The minimum atomic E-state index is 0.0202. The molecule has 0 aromatic carbocycles. The van der Waals surface area contributed by atoms with Crippen LogP contribution in [0, 0.1) is 5.92 Å². The van der Waals surface area contributed by atoms with E-state index in [4.69, 9.17) is 5.73 Å². The van der Waals surface area contributed by atoms with Gasteiger partial charge >= 0.3 is 0 Å². The first-order chi connectivity index (χ1) is 7.66. The standard InChI is InChI=1S/C12H25N3O/c1-10(2)11(12(16)14-7-6-13)15-8-4-3-5-9-15/h10-11H,3-9,13H2,1-2H3,(H,14,16). The molecule has 1 aliphatic rings. The van der Waals surface area contributed by atoms with E-state index < -0.39 is 0 Å². The Morgan fingerprint density at radius 1 is 1.31 bits per heavy atom. The number of amides is 1. The van der Waals surface area contributed by atoms with Crippen LogP contribution in [0.15, 0.2) is 0 Å². The maximum atomic E-state index is 12.0. The average molecular weight is 227 g/mol. The number of carbonyl (C=O) groups excluding carboxylic acids is 1. The normalized spacial score (nSPS) is 19.8. The number of likely N-dealkylation sites (tertiary alicyclic amines) is 1. The molecule has 1 heterocycles. The molecular formula is C12H25N3O. The molecule has 0 aliphatic carbocycles. The van der Waals surface area contributed by atoms with Gasteiger partial charge in [-0.25, -0.2) is 0 Å². The third-order valence-corrected chi connectivity index (χ3v) is 3.13. The van der Waals surface area contributed by atoms with Crippen LogP contribution in [0.3, 0.4) is 0 Å².